The predicted molar refractivity (Wildman–Crippen MR) is 41.4 cm³/mol. The largest absolute Gasteiger partial charge is 0.332 e. The summed E-state index contributed by atoms with van der Waals surface area (Å²) in [6.07, 6.45) is 0. The number of rotatable bonds is 2. The van der Waals surface area contributed by atoms with Gasteiger partial charge in [-0.15, -0.1) is 0 Å². The summed E-state index contributed by atoms with van der Waals surface area (Å²) < 4.78 is 35.5. The smallest absolute Gasteiger partial charge is 0.260 e. The maximum absolute atomic E-state index is 12.7. The van der Waals surface area contributed by atoms with Crippen LogP contribution in [0.4, 0.5) is 10.1 Å². The Morgan fingerprint density at radius 1 is 1.33 bits per heavy atom. The minimum Gasteiger partial charge on any atom is -0.260 e. The molecule has 0 radical (unpaired) electrons. The van der Waals surface area contributed by atoms with Crippen molar-refractivity contribution >= 4 is 16.2 Å². The van der Waals surface area contributed by atoms with Crippen molar-refractivity contribution in [2.75, 3.05) is 5.43 Å². The van der Waals surface area contributed by atoms with Crippen LogP contribution < -0.4 is 5.43 Å². The Kier molecular flexibility index (Phi) is 2.76. The van der Waals surface area contributed by atoms with Gasteiger partial charge < -0.3 is 0 Å². The molecule has 0 aliphatic heterocycles. The van der Waals surface area contributed by atoms with Gasteiger partial charge in [-0.2, -0.15) is 8.42 Å². The minimum absolute atomic E-state index is 0.0294. The van der Waals surface area contributed by atoms with Crippen LogP contribution in [0.5, 0.6) is 0 Å². The van der Waals surface area contributed by atoms with Gasteiger partial charge in [-0.25, -0.2) is 4.39 Å². The Labute approximate surface area is 69.7 Å². The first-order chi connectivity index (χ1) is 5.70. The van der Waals surface area contributed by atoms with E-state index in [1.165, 1.54) is 18.2 Å². The predicted octanol–water partition coefficient (Wildman–Crippen LogP) is 1.22. The van der Waals surface area contributed by atoms with Crippen LogP contribution in [-0.4, -0.2) is 8.42 Å². The fourth-order valence-corrected chi connectivity index (χ4v) is 0.811. The molecule has 0 amide bonds. The molecule has 1 N–H and O–H groups in total. The standard InChI is InChI=1S/C6H5FN2O2S/c7-5-3-1-2-4-6(5)8-9-12(10)11/h1-4,8H. The van der Waals surface area contributed by atoms with Crippen molar-refractivity contribution < 1.29 is 12.8 Å². The summed E-state index contributed by atoms with van der Waals surface area (Å²) in [5.41, 5.74) is 2.08. The van der Waals surface area contributed by atoms with E-state index in [4.69, 9.17) is 0 Å². The van der Waals surface area contributed by atoms with Gasteiger partial charge in [0.15, 0.2) is 0 Å². The number of nitrogens with one attached hydrogen (secondary N) is 1. The van der Waals surface area contributed by atoms with E-state index in [9.17, 15) is 12.8 Å². The molecule has 6 heteroatoms. The van der Waals surface area contributed by atoms with Crippen LogP contribution in [-0.2, 0) is 10.5 Å². The van der Waals surface area contributed by atoms with Gasteiger partial charge in [0.05, 0.1) is 5.69 Å². The molecule has 0 atom stereocenters. The number of benzene rings is 1. The lowest BCUT2D eigenvalue weighted by molar-refractivity contribution is 0.620. The van der Waals surface area contributed by atoms with E-state index in [0.29, 0.717) is 0 Å². The van der Waals surface area contributed by atoms with Gasteiger partial charge in [-0.1, -0.05) is 16.6 Å². The molecular weight excluding hydrogens is 183 g/mol. The summed E-state index contributed by atoms with van der Waals surface area (Å²) in [7, 11) is -2.58. The zero-order chi connectivity index (χ0) is 8.97. The van der Waals surface area contributed by atoms with Crippen molar-refractivity contribution in [3.05, 3.63) is 30.1 Å². The molecule has 0 unspecified atom stereocenters. The van der Waals surface area contributed by atoms with Crippen LogP contribution in [0.2, 0.25) is 0 Å². The zero-order valence-corrected chi connectivity index (χ0v) is 6.68. The maximum Gasteiger partial charge on any atom is 0.332 e. The highest BCUT2D eigenvalue weighted by atomic mass is 32.2. The quantitative estimate of drug-likeness (QED) is 0.710. The van der Waals surface area contributed by atoms with Crippen LogP contribution in [0.1, 0.15) is 0 Å². The molecule has 64 valence electrons. The molecule has 1 aromatic rings. The zero-order valence-electron chi connectivity index (χ0n) is 5.86. The molecule has 12 heavy (non-hydrogen) atoms. The highest BCUT2D eigenvalue weighted by Crippen LogP contribution is 2.11. The summed E-state index contributed by atoms with van der Waals surface area (Å²) in [6, 6.07) is 5.64. The molecule has 1 rings (SSSR count). The summed E-state index contributed by atoms with van der Waals surface area (Å²) >= 11 is 0. The number of hydrogen-bond acceptors (Lipinski definition) is 3. The lowest BCUT2D eigenvalue weighted by atomic mass is 10.3. The Bertz CT molecular complexity index is 394. The molecule has 1 aromatic carbocycles. The van der Waals surface area contributed by atoms with Gasteiger partial charge in [0.1, 0.15) is 5.82 Å². The first kappa shape index (κ1) is 8.66. The van der Waals surface area contributed by atoms with E-state index >= 15 is 0 Å². The van der Waals surface area contributed by atoms with Gasteiger partial charge in [0, 0.05) is 0 Å². The van der Waals surface area contributed by atoms with Gasteiger partial charge in [0.25, 0.3) is 0 Å². The summed E-state index contributed by atoms with van der Waals surface area (Å²) in [5.74, 6) is -0.549. The lowest BCUT2D eigenvalue weighted by Gasteiger charge is -1.96. The first-order valence-corrected chi connectivity index (χ1v) is 4.04. The van der Waals surface area contributed by atoms with E-state index in [0.717, 1.165) is 0 Å². The van der Waals surface area contributed by atoms with Crippen LogP contribution in [0.15, 0.2) is 28.7 Å². The molecule has 4 nitrogen and oxygen atoms in total. The Balaban J connectivity index is 2.90. The van der Waals surface area contributed by atoms with E-state index in [1.807, 2.05) is 5.43 Å². The number of para-hydroxylation sites is 1. The maximum atomic E-state index is 12.7. The van der Waals surface area contributed by atoms with E-state index in [1.54, 1.807) is 6.07 Å². The highest BCUT2D eigenvalue weighted by molar-refractivity contribution is 7.61. The van der Waals surface area contributed by atoms with Gasteiger partial charge >= 0.3 is 10.5 Å². The molecule has 0 aliphatic carbocycles. The van der Waals surface area contributed by atoms with Crippen molar-refractivity contribution in [2.45, 2.75) is 0 Å². The summed E-state index contributed by atoms with van der Waals surface area (Å²) in [4.78, 5) is 0. The van der Waals surface area contributed by atoms with E-state index in [-0.39, 0.29) is 5.69 Å². The third-order valence-electron chi connectivity index (χ3n) is 1.11. The Morgan fingerprint density at radius 2 is 2.00 bits per heavy atom. The second kappa shape index (κ2) is 3.82. The SMILES string of the molecule is O=S(=O)=NNc1ccccc1F. The Morgan fingerprint density at radius 3 is 2.58 bits per heavy atom. The van der Waals surface area contributed by atoms with Crippen molar-refractivity contribution in [3.63, 3.8) is 0 Å². The van der Waals surface area contributed by atoms with Crippen molar-refractivity contribution in [3.8, 4) is 0 Å². The number of nitrogens with zero attached hydrogens (tertiary/aromatic N) is 1. The lowest BCUT2D eigenvalue weighted by Crippen LogP contribution is -1.90. The van der Waals surface area contributed by atoms with E-state index < -0.39 is 16.3 Å². The molecule has 0 fully saturated rings. The van der Waals surface area contributed by atoms with Crippen molar-refractivity contribution in [2.24, 2.45) is 4.47 Å². The average Bonchev–Trinajstić information content (AvgIpc) is 2.03. The molecule has 0 heterocycles. The molecule has 0 aromatic heterocycles. The number of halogens is 1. The molecule has 0 bridgehead atoms. The van der Waals surface area contributed by atoms with Crippen LogP contribution in [0, 0.1) is 5.82 Å². The summed E-state index contributed by atoms with van der Waals surface area (Å²) in [6.45, 7) is 0. The monoisotopic (exact) mass is 188 g/mol. The fraction of sp³-hybridized carbons (Fsp3) is 0. The third-order valence-corrected chi connectivity index (χ3v) is 1.35. The molecule has 0 spiro atoms. The molecule has 0 saturated carbocycles. The highest BCUT2D eigenvalue weighted by Gasteiger charge is 1.96. The number of hydrogen-bond donors (Lipinski definition) is 1. The van der Waals surface area contributed by atoms with Gasteiger partial charge in [-0.3, -0.25) is 5.43 Å². The molecule has 0 aliphatic rings. The van der Waals surface area contributed by atoms with E-state index in [2.05, 4.69) is 4.47 Å². The minimum atomic E-state index is -2.58. The third kappa shape index (κ3) is 2.31. The van der Waals surface area contributed by atoms with Crippen molar-refractivity contribution in [1.82, 2.24) is 0 Å². The topological polar surface area (TPSA) is 58.5 Å². The Hall–Kier alpha value is -1.43. The number of anilines is 1. The van der Waals surface area contributed by atoms with Crippen LogP contribution >= 0.6 is 0 Å². The second-order valence-corrected chi connectivity index (χ2v) is 2.52. The van der Waals surface area contributed by atoms with Gasteiger partial charge in [0.2, 0.25) is 0 Å². The van der Waals surface area contributed by atoms with Gasteiger partial charge in [-0.05, 0) is 12.1 Å². The van der Waals surface area contributed by atoms with Crippen LogP contribution in [0.25, 0.3) is 0 Å². The second-order valence-electron chi connectivity index (χ2n) is 1.90. The van der Waals surface area contributed by atoms with Crippen molar-refractivity contribution in [1.29, 1.82) is 0 Å². The fourth-order valence-electron chi connectivity index (χ4n) is 0.638. The summed E-state index contributed by atoms with van der Waals surface area (Å²) in [5, 5.41) is 0. The molecule has 0 saturated heterocycles. The normalized spacial score (nSPS) is 9.08. The average molecular weight is 188 g/mol. The van der Waals surface area contributed by atoms with Crippen LogP contribution in [0.3, 0.4) is 0 Å². The molecular formula is C6H5FN2O2S. The first-order valence-electron chi connectivity index (χ1n) is 3.01.